The number of hydrogen-bond acceptors (Lipinski definition) is 5. The molecule has 0 aliphatic carbocycles. The summed E-state index contributed by atoms with van der Waals surface area (Å²) in [6, 6.07) is 4.18. The molecule has 0 radical (unpaired) electrons. The second-order valence-electron chi connectivity index (χ2n) is 5.48. The molecule has 1 aliphatic heterocycles. The summed E-state index contributed by atoms with van der Waals surface area (Å²) in [6.45, 7) is 6.88. The zero-order valence-electron chi connectivity index (χ0n) is 11.9. The average molecular weight is 290 g/mol. The Balaban J connectivity index is 1.61. The van der Waals surface area contributed by atoms with Crippen LogP contribution in [0, 0.1) is 5.92 Å². The molecule has 4 nitrogen and oxygen atoms in total. The fourth-order valence-electron chi connectivity index (χ4n) is 2.87. The zero-order chi connectivity index (χ0) is 13.9. The first-order chi connectivity index (χ1) is 9.78. The number of aromatic nitrogens is 1. The summed E-state index contributed by atoms with van der Waals surface area (Å²) in [5, 5.41) is 3.52. The number of nitrogens with one attached hydrogen (secondary N) is 1. The van der Waals surface area contributed by atoms with Crippen LogP contribution >= 0.6 is 11.3 Å². The van der Waals surface area contributed by atoms with Crippen molar-refractivity contribution < 1.29 is 0 Å². The van der Waals surface area contributed by atoms with Crippen LogP contribution in [-0.2, 0) is 0 Å². The minimum atomic E-state index is 0.753. The topological polar surface area (TPSA) is 54.2 Å². The van der Waals surface area contributed by atoms with Crippen molar-refractivity contribution in [1.29, 1.82) is 0 Å². The van der Waals surface area contributed by atoms with Gasteiger partial charge in [0.25, 0.3) is 0 Å². The fourth-order valence-corrected chi connectivity index (χ4v) is 3.56. The molecule has 0 unspecified atom stereocenters. The number of hydrogen-bond donors (Lipinski definition) is 2. The third-order valence-electron chi connectivity index (χ3n) is 4.28. The molecule has 0 atom stereocenters. The smallest absolute Gasteiger partial charge is 0.106 e. The van der Waals surface area contributed by atoms with Crippen molar-refractivity contribution in [2.75, 3.05) is 37.2 Å². The summed E-state index contributed by atoms with van der Waals surface area (Å²) >= 11 is 1.63. The molecule has 3 rings (SSSR count). The van der Waals surface area contributed by atoms with E-state index >= 15 is 0 Å². The predicted octanol–water partition coefficient (Wildman–Crippen LogP) is 3.02. The number of likely N-dealkylation sites (tertiary alicyclic amines) is 1. The van der Waals surface area contributed by atoms with Crippen LogP contribution in [0.2, 0.25) is 0 Å². The number of anilines is 2. The van der Waals surface area contributed by atoms with Crippen LogP contribution in [0.25, 0.3) is 10.2 Å². The molecule has 1 aromatic carbocycles. The molecular weight excluding hydrogens is 268 g/mol. The maximum atomic E-state index is 6.20. The Bertz CT molecular complexity index is 572. The average Bonchev–Trinajstić information content (AvgIpc) is 2.96. The highest BCUT2D eigenvalue weighted by atomic mass is 32.1. The first-order valence-corrected chi connectivity index (χ1v) is 8.23. The molecule has 0 spiro atoms. The third kappa shape index (κ3) is 2.74. The van der Waals surface area contributed by atoms with Gasteiger partial charge in [0.1, 0.15) is 5.52 Å². The zero-order valence-corrected chi connectivity index (χ0v) is 12.7. The number of nitrogens with zero attached hydrogens (tertiary/aromatic N) is 2. The largest absolute Gasteiger partial charge is 0.395 e. The van der Waals surface area contributed by atoms with Crippen molar-refractivity contribution >= 4 is 32.9 Å². The van der Waals surface area contributed by atoms with Crippen molar-refractivity contribution in [1.82, 2.24) is 9.88 Å². The van der Waals surface area contributed by atoms with Crippen LogP contribution < -0.4 is 11.1 Å². The van der Waals surface area contributed by atoms with Crippen molar-refractivity contribution in [3.05, 3.63) is 17.6 Å². The van der Waals surface area contributed by atoms with E-state index in [1.54, 1.807) is 11.3 Å². The number of nitrogen functional groups attached to an aromatic ring is 1. The summed E-state index contributed by atoms with van der Waals surface area (Å²) in [7, 11) is 0. The highest BCUT2D eigenvalue weighted by Crippen LogP contribution is 2.30. The standard InChI is InChI=1S/C15H22N4S/c1-2-19-7-5-11(6-8-19)9-17-12-3-4-13-15(14(12)16)18-10-20-13/h3-4,10-11,17H,2,5-9,16H2,1H3. The molecule has 0 bridgehead atoms. The lowest BCUT2D eigenvalue weighted by Gasteiger charge is -2.31. The number of piperidine rings is 1. The van der Waals surface area contributed by atoms with Crippen molar-refractivity contribution in [3.8, 4) is 0 Å². The van der Waals surface area contributed by atoms with E-state index in [1.807, 2.05) is 5.51 Å². The maximum Gasteiger partial charge on any atom is 0.106 e. The Kier molecular flexibility index (Phi) is 4.08. The van der Waals surface area contributed by atoms with Crippen molar-refractivity contribution in [2.24, 2.45) is 5.92 Å². The normalized spacial score (nSPS) is 17.6. The Labute approximate surface area is 124 Å². The molecule has 0 amide bonds. The number of benzene rings is 1. The van der Waals surface area contributed by atoms with Gasteiger partial charge in [-0.1, -0.05) is 6.92 Å². The summed E-state index contributed by atoms with van der Waals surface area (Å²) in [5.41, 5.74) is 10.8. The summed E-state index contributed by atoms with van der Waals surface area (Å²) in [5.74, 6) is 0.753. The quantitative estimate of drug-likeness (QED) is 0.850. The van der Waals surface area contributed by atoms with Crippen LogP contribution in [0.1, 0.15) is 19.8 Å². The summed E-state index contributed by atoms with van der Waals surface area (Å²) in [6.07, 6.45) is 2.55. The van der Waals surface area contributed by atoms with Gasteiger partial charge in [-0.25, -0.2) is 4.98 Å². The monoisotopic (exact) mass is 290 g/mol. The minimum Gasteiger partial charge on any atom is -0.395 e. The minimum absolute atomic E-state index is 0.753. The molecule has 1 aromatic heterocycles. The lowest BCUT2D eigenvalue weighted by molar-refractivity contribution is 0.198. The van der Waals surface area contributed by atoms with Gasteiger partial charge in [-0.2, -0.15) is 0 Å². The SMILES string of the molecule is CCN1CCC(CNc2ccc3scnc3c2N)CC1. The molecule has 3 N–H and O–H groups in total. The molecule has 5 heteroatoms. The second kappa shape index (κ2) is 5.97. The van der Waals surface area contributed by atoms with E-state index in [9.17, 15) is 0 Å². The molecule has 108 valence electrons. The van der Waals surface area contributed by atoms with E-state index in [4.69, 9.17) is 5.73 Å². The van der Waals surface area contributed by atoms with Gasteiger partial charge in [0.05, 0.1) is 21.6 Å². The first-order valence-electron chi connectivity index (χ1n) is 7.36. The molecule has 0 saturated carbocycles. The fraction of sp³-hybridized carbons (Fsp3) is 0.533. The van der Waals surface area contributed by atoms with Gasteiger partial charge in [0.2, 0.25) is 0 Å². The van der Waals surface area contributed by atoms with E-state index in [0.717, 1.165) is 34.1 Å². The number of rotatable bonds is 4. The molecule has 2 heterocycles. The molecular formula is C15H22N4S. The highest BCUT2D eigenvalue weighted by molar-refractivity contribution is 7.16. The molecule has 1 aliphatic rings. The van der Waals surface area contributed by atoms with Gasteiger partial charge in [-0.3, -0.25) is 0 Å². The number of thiazole rings is 1. The molecule has 2 aromatic rings. The van der Waals surface area contributed by atoms with E-state index in [2.05, 4.69) is 34.3 Å². The lowest BCUT2D eigenvalue weighted by atomic mass is 9.96. The van der Waals surface area contributed by atoms with Gasteiger partial charge in [0, 0.05) is 6.54 Å². The lowest BCUT2D eigenvalue weighted by Crippen LogP contribution is -2.35. The van der Waals surface area contributed by atoms with E-state index < -0.39 is 0 Å². The first kappa shape index (κ1) is 13.6. The highest BCUT2D eigenvalue weighted by Gasteiger charge is 2.18. The maximum absolute atomic E-state index is 6.20. The predicted molar refractivity (Wildman–Crippen MR) is 87.4 cm³/mol. The van der Waals surface area contributed by atoms with Gasteiger partial charge < -0.3 is 16.0 Å². The second-order valence-corrected chi connectivity index (χ2v) is 6.37. The third-order valence-corrected chi connectivity index (χ3v) is 5.07. The van der Waals surface area contributed by atoms with E-state index in [0.29, 0.717) is 0 Å². The molecule has 1 saturated heterocycles. The Morgan fingerprint density at radius 2 is 2.20 bits per heavy atom. The summed E-state index contributed by atoms with van der Waals surface area (Å²) in [4.78, 5) is 6.86. The van der Waals surface area contributed by atoms with Crippen LogP contribution in [0.4, 0.5) is 11.4 Å². The summed E-state index contributed by atoms with van der Waals surface area (Å²) < 4.78 is 1.16. The van der Waals surface area contributed by atoms with Gasteiger partial charge >= 0.3 is 0 Å². The van der Waals surface area contributed by atoms with Gasteiger partial charge in [0.15, 0.2) is 0 Å². The number of fused-ring (bicyclic) bond motifs is 1. The van der Waals surface area contributed by atoms with E-state index in [-0.39, 0.29) is 0 Å². The van der Waals surface area contributed by atoms with Crippen molar-refractivity contribution in [2.45, 2.75) is 19.8 Å². The Hall–Kier alpha value is -1.33. The Morgan fingerprint density at radius 1 is 1.40 bits per heavy atom. The Morgan fingerprint density at radius 3 is 2.95 bits per heavy atom. The van der Waals surface area contributed by atoms with Crippen LogP contribution in [0.15, 0.2) is 17.6 Å². The molecule has 20 heavy (non-hydrogen) atoms. The van der Waals surface area contributed by atoms with E-state index in [1.165, 1.54) is 32.5 Å². The van der Waals surface area contributed by atoms with Crippen LogP contribution in [0.5, 0.6) is 0 Å². The molecule has 1 fully saturated rings. The van der Waals surface area contributed by atoms with Gasteiger partial charge in [-0.15, -0.1) is 11.3 Å². The van der Waals surface area contributed by atoms with Crippen molar-refractivity contribution in [3.63, 3.8) is 0 Å². The van der Waals surface area contributed by atoms with Crippen LogP contribution in [0.3, 0.4) is 0 Å². The number of nitrogens with two attached hydrogens (primary N) is 1. The van der Waals surface area contributed by atoms with Gasteiger partial charge in [-0.05, 0) is 50.5 Å². The van der Waals surface area contributed by atoms with Crippen LogP contribution in [-0.4, -0.2) is 36.1 Å².